The second-order valence-electron chi connectivity index (χ2n) is 5.61. The summed E-state index contributed by atoms with van der Waals surface area (Å²) in [6.45, 7) is 7.66. The zero-order valence-electron chi connectivity index (χ0n) is 12.3. The van der Waals surface area contributed by atoms with Crippen molar-refractivity contribution in [3.8, 4) is 0 Å². The van der Waals surface area contributed by atoms with Gasteiger partial charge in [-0.3, -0.25) is 4.79 Å². The number of amides is 2. The molecule has 1 saturated heterocycles. The first-order valence-electron chi connectivity index (χ1n) is 6.73. The Morgan fingerprint density at radius 2 is 2.15 bits per heavy atom. The van der Waals surface area contributed by atoms with Gasteiger partial charge in [0, 0.05) is 0 Å². The number of carbonyl (C=O) groups excluding carboxylic acids is 2. The highest BCUT2D eigenvalue weighted by atomic mass is 127. The molecular weight excluding hydrogens is 373 g/mol. The van der Waals surface area contributed by atoms with Gasteiger partial charge < -0.3 is 9.84 Å². The second kappa shape index (κ2) is 7.40. The molecule has 20 heavy (non-hydrogen) atoms. The minimum Gasteiger partial charge on any atom is -0.447 e. The number of nitrogens with zero attached hydrogens (tertiary/aromatic N) is 1. The molecule has 0 radical (unpaired) electrons. The number of hydrogen-bond acceptors (Lipinski definition) is 4. The molecule has 3 atom stereocenters. The molecule has 0 bridgehead atoms. The normalized spacial score (nSPS) is 22.9. The average molecular weight is 395 g/mol. The lowest BCUT2D eigenvalue weighted by Gasteiger charge is -2.27. The van der Waals surface area contributed by atoms with Crippen LogP contribution in [0, 0.1) is 11.8 Å². The number of carbonyl (C=O) groups is 2. The van der Waals surface area contributed by atoms with Gasteiger partial charge in [-0.05, 0) is 23.3 Å². The highest BCUT2D eigenvalue weighted by Crippen LogP contribution is 2.24. The van der Waals surface area contributed by atoms with Crippen LogP contribution in [-0.4, -0.2) is 40.8 Å². The summed E-state index contributed by atoms with van der Waals surface area (Å²) < 4.78 is 6.84. The zero-order valence-corrected chi connectivity index (χ0v) is 14.5. The molecule has 5 nitrogen and oxygen atoms in total. The molecule has 0 aromatic rings. The predicted octanol–water partition coefficient (Wildman–Crippen LogP) is 2.72. The fraction of sp³-hybridized carbons (Fsp3) is 0.714. The SMILES string of the molecule is C/C(=C\I)C[C@@H](O)[C@H](C)C(=O)N1C(=O)OC[C@@H]1C(C)C. The first-order valence-corrected chi connectivity index (χ1v) is 7.97. The van der Waals surface area contributed by atoms with Gasteiger partial charge in [-0.25, -0.2) is 9.69 Å². The Morgan fingerprint density at radius 1 is 1.55 bits per heavy atom. The fourth-order valence-electron chi connectivity index (χ4n) is 2.12. The average Bonchev–Trinajstić information content (AvgIpc) is 2.78. The number of hydrogen-bond donors (Lipinski definition) is 1. The van der Waals surface area contributed by atoms with E-state index in [1.807, 2.05) is 24.9 Å². The van der Waals surface area contributed by atoms with Crippen molar-refractivity contribution in [2.75, 3.05) is 6.61 Å². The lowest BCUT2D eigenvalue weighted by Crippen LogP contribution is -2.46. The molecule has 6 heteroatoms. The maximum absolute atomic E-state index is 12.4. The smallest absolute Gasteiger partial charge is 0.416 e. The van der Waals surface area contributed by atoms with Crippen LogP contribution in [0.1, 0.15) is 34.1 Å². The number of aliphatic hydroxyl groups excluding tert-OH is 1. The third-order valence-corrected chi connectivity index (χ3v) is 4.66. The summed E-state index contributed by atoms with van der Waals surface area (Å²) in [4.78, 5) is 25.3. The summed E-state index contributed by atoms with van der Waals surface area (Å²) in [5, 5.41) is 10.1. The Labute approximate surface area is 133 Å². The van der Waals surface area contributed by atoms with Crippen molar-refractivity contribution in [2.24, 2.45) is 11.8 Å². The van der Waals surface area contributed by atoms with Crippen molar-refractivity contribution in [1.29, 1.82) is 0 Å². The van der Waals surface area contributed by atoms with E-state index < -0.39 is 18.1 Å². The monoisotopic (exact) mass is 395 g/mol. The van der Waals surface area contributed by atoms with Gasteiger partial charge in [0.05, 0.1) is 18.1 Å². The first kappa shape index (κ1) is 17.4. The Kier molecular flexibility index (Phi) is 6.44. The van der Waals surface area contributed by atoms with E-state index in [2.05, 4.69) is 22.6 Å². The van der Waals surface area contributed by atoms with Crippen LogP contribution < -0.4 is 0 Å². The fourth-order valence-corrected chi connectivity index (χ4v) is 2.37. The molecule has 1 rings (SSSR count). The van der Waals surface area contributed by atoms with Gasteiger partial charge in [-0.1, -0.05) is 48.9 Å². The van der Waals surface area contributed by atoms with Crippen LogP contribution in [0.5, 0.6) is 0 Å². The van der Waals surface area contributed by atoms with E-state index in [9.17, 15) is 14.7 Å². The summed E-state index contributed by atoms with van der Waals surface area (Å²) in [6, 6.07) is -0.245. The highest BCUT2D eigenvalue weighted by Gasteiger charge is 2.42. The van der Waals surface area contributed by atoms with E-state index in [1.54, 1.807) is 6.92 Å². The van der Waals surface area contributed by atoms with E-state index in [1.165, 1.54) is 4.90 Å². The van der Waals surface area contributed by atoms with Crippen LogP contribution in [0.25, 0.3) is 0 Å². The Bertz CT molecular complexity index is 408. The zero-order chi connectivity index (χ0) is 15.4. The number of aliphatic hydroxyl groups is 1. The van der Waals surface area contributed by atoms with Crippen LogP contribution >= 0.6 is 22.6 Å². The van der Waals surface area contributed by atoms with Crippen molar-refractivity contribution in [3.05, 3.63) is 9.66 Å². The third-order valence-electron chi connectivity index (χ3n) is 3.60. The number of imide groups is 1. The molecule has 0 spiro atoms. The molecule has 0 unspecified atom stereocenters. The van der Waals surface area contributed by atoms with Gasteiger partial charge in [0.25, 0.3) is 0 Å². The summed E-state index contributed by atoms with van der Waals surface area (Å²) in [5.74, 6) is -0.862. The summed E-state index contributed by atoms with van der Waals surface area (Å²) in [6.07, 6.45) is -0.978. The molecule has 0 aromatic carbocycles. The lowest BCUT2D eigenvalue weighted by atomic mass is 9.96. The summed E-state index contributed by atoms with van der Waals surface area (Å²) >= 11 is 2.10. The molecule has 1 fully saturated rings. The standard InChI is InChI=1S/C14H22INO4/c1-8(2)11-7-20-14(19)16(11)13(18)10(4)12(17)5-9(3)6-15/h6,8,10-12,17H,5,7H2,1-4H3/b9-6+/t10-,11+,12+/m0/s1. The number of rotatable bonds is 5. The minimum atomic E-state index is -0.797. The molecule has 1 N–H and O–H groups in total. The molecule has 0 aliphatic carbocycles. The number of cyclic esters (lactones) is 1. The van der Waals surface area contributed by atoms with E-state index >= 15 is 0 Å². The third kappa shape index (κ3) is 3.94. The van der Waals surface area contributed by atoms with Crippen molar-refractivity contribution in [2.45, 2.75) is 46.3 Å². The second-order valence-corrected chi connectivity index (χ2v) is 6.23. The molecule has 1 aliphatic heterocycles. The summed E-state index contributed by atoms with van der Waals surface area (Å²) in [7, 11) is 0. The van der Waals surface area contributed by atoms with Crippen LogP contribution in [0.15, 0.2) is 9.66 Å². The number of ether oxygens (including phenoxy) is 1. The number of halogens is 1. The quantitative estimate of drug-likeness (QED) is 0.727. The van der Waals surface area contributed by atoms with Gasteiger partial charge in [-0.15, -0.1) is 0 Å². The molecule has 114 valence electrons. The van der Waals surface area contributed by atoms with Crippen LogP contribution in [-0.2, 0) is 9.53 Å². The topological polar surface area (TPSA) is 66.8 Å². The molecule has 0 saturated carbocycles. The van der Waals surface area contributed by atoms with Crippen LogP contribution in [0.3, 0.4) is 0 Å². The van der Waals surface area contributed by atoms with Gasteiger partial charge in [0.2, 0.25) is 5.91 Å². The van der Waals surface area contributed by atoms with E-state index in [0.29, 0.717) is 6.42 Å². The van der Waals surface area contributed by atoms with Crippen molar-refractivity contribution in [3.63, 3.8) is 0 Å². The van der Waals surface area contributed by atoms with Crippen LogP contribution in [0.2, 0.25) is 0 Å². The Morgan fingerprint density at radius 3 is 2.65 bits per heavy atom. The van der Waals surface area contributed by atoms with Crippen molar-refractivity contribution < 1.29 is 19.4 Å². The summed E-state index contributed by atoms with van der Waals surface area (Å²) in [5.41, 5.74) is 1.00. The minimum absolute atomic E-state index is 0.130. The molecular formula is C14H22INO4. The van der Waals surface area contributed by atoms with E-state index in [0.717, 1.165) is 5.57 Å². The van der Waals surface area contributed by atoms with Gasteiger partial charge in [0.15, 0.2) is 0 Å². The molecule has 1 heterocycles. The lowest BCUT2D eigenvalue weighted by molar-refractivity contribution is -0.136. The largest absolute Gasteiger partial charge is 0.447 e. The molecule has 2 amide bonds. The maximum atomic E-state index is 12.4. The predicted molar refractivity (Wildman–Crippen MR) is 84.4 cm³/mol. The van der Waals surface area contributed by atoms with Crippen LogP contribution in [0.4, 0.5) is 4.79 Å². The van der Waals surface area contributed by atoms with Crippen molar-refractivity contribution in [1.82, 2.24) is 4.90 Å². The molecule has 0 aromatic heterocycles. The van der Waals surface area contributed by atoms with Gasteiger partial charge >= 0.3 is 6.09 Å². The Balaban J connectivity index is 2.79. The highest BCUT2D eigenvalue weighted by molar-refractivity contribution is 14.1. The van der Waals surface area contributed by atoms with Crippen molar-refractivity contribution >= 4 is 34.6 Å². The maximum Gasteiger partial charge on any atom is 0.416 e. The van der Waals surface area contributed by atoms with Gasteiger partial charge in [0.1, 0.15) is 6.61 Å². The van der Waals surface area contributed by atoms with E-state index in [-0.39, 0.29) is 24.5 Å². The van der Waals surface area contributed by atoms with E-state index in [4.69, 9.17) is 4.74 Å². The van der Waals surface area contributed by atoms with Gasteiger partial charge in [-0.2, -0.15) is 0 Å². The first-order chi connectivity index (χ1) is 9.29. The molecule has 1 aliphatic rings. The Hall–Kier alpha value is -0.630.